The number of fused-ring (bicyclic) bond motifs is 1. The highest BCUT2D eigenvalue weighted by atomic mass is 16.2. The van der Waals surface area contributed by atoms with E-state index in [0.717, 1.165) is 54.7 Å². The van der Waals surface area contributed by atoms with E-state index < -0.39 is 0 Å². The van der Waals surface area contributed by atoms with Crippen LogP contribution in [-0.4, -0.2) is 16.4 Å². The van der Waals surface area contributed by atoms with E-state index in [1.165, 1.54) is 0 Å². The largest absolute Gasteiger partial charge is 0.352 e. The Morgan fingerprint density at radius 1 is 1.00 bits per heavy atom. The summed E-state index contributed by atoms with van der Waals surface area (Å²) in [6.45, 7) is 3.45. The molecule has 0 unspecified atom stereocenters. The molecule has 5 nitrogen and oxygen atoms in total. The number of carbonyl (C=O) groups is 2. The van der Waals surface area contributed by atoms with Crippen molar-refractivity contribution in [1.29, 1.82) is 0 Å². The van der Waals surface area contributed by atoms with Gasteiger partial charge in [-0.1, -0.05) is 67.6 Å². The molecule has 1 aliphatic rings. The van der Waals surface area contributed by atoms with Gasteiger partial charge in [-0.25, -0.2) is 0 Å². The van der Waals surface area contributed by atoms with Gasteiger partial charge in [-0.2, -0.15) is 0 Å². The van der Waals surface area contributed by atoms with Gasteiger partial charge >= 0.3 is 0 Å². The summed E-state index contributed by atoms with van der Waals surface area (Å²) in [6, 6.07) is 21.9. The van der Waals surface area contributed by atoms with Crippen LogP contribution in [0.5, 0.6) is 0 Å². The maximum atomic E-state index is 13.2. The van der Waals surface area contributed by atoms with Crippen molar-refractivity contribution in [2.75, 3.05) is 0 Å². The molecule has 0 spiro atoms. The first-order valence-electron chi connectivity index (χ1n) is 11.5. The molecule has 2 heterocycles. The molecule has 2 N–H and O–H groups in total. The lowest BCUT2D eigenvalue weighted by atomic mass is 10.0. The zero-order chi connectivity index (χ0) is 22.3. The summed E-state index contributed by atoms with van der Waals surface area (Å²) >= 11 is 0. The van der Waals surface area contributed by atoms with E-state index in [4.69, 9.17) is 0 Å². The van der Waals surface area contributed by atoms with Gasteiger partial charge in [-0.15, -0.1) is 0 Å². The molecule has 0 fully saturated rings. The van der Waals surface area contributed by atoms with Crippen molar-refractivity contribution in [2.24, 2.45) is 0 Å². The highest BCUT2D eigenvalue weighted by Gasteiger charge is 2.25. The van der Waals surface area contributed by atoms with E-state index in [1.54, 1.807) is 0 Å². The third-order valence-corrected chi connectivity index (χ3v) is 6.17. The van der Waals surface area contributed by atoms with Gasteiger partial charge in [0.1, 0.15) is 0 Å². The monoisotopic (exact) mass is 429 g/mol. The van der Waals surface area contributed by atoms with Crippen LogP contribution < -0.4 is 10.6 Å². The zero-order valence-electron chi connectivity index (χ0n) is 18.6. The van der Waals surface area contributed by atoms with E-state index in [9.17, 15) is 9.59 Å². The number of benzene rings is 2. The molecule has 32 heavy (non-hydrogen) atoms. The third kappa shape index (κ3) is 5.10. The number of carbonyl (C=O) groups excluding carboxylic acids is 2. The van der Waals surface area contributed by atoms with Crippen molar-refractivity contribution in [2.45, 2.75) is 58.2 Å². The molecule has 0 bridgehead atoms. The lowest BCUT2D eigenvalue weighted by molar-refractivity contribution is -0.120. The van der Waals surface area contributed by atoms with Crippen LogP contribution in [0.3, 0.4) is 0 Å². The highest BCUT2D eigenvalue weighted by Crippen LogP contribution is 2.25. The smallest absolute Gasteiger partial charge is 0.253 e. The molecule has 0 aliphatic carbocycles. The first-order valence-corrected chi connectivity index (χ1v) is 11.5. The fourth-order valence-electron chi connectivity index (χ4n) is 4.47. The Labute approximate surface area is 189 Å². The van der Waals surface area contributed by atoms with E-state index in [-0.39, 0.29) is 24.3 Å². The SMILES string of the molecule is CC[C@@H](NC(=O)c1cc(CC(=O)NCc2ccccc2)n2c1CCCC2)c1ccccc1. The summed E-state index contributed by atoms with van der Waals surface area (Å²) in [4.78, 5) is 25.9. The lowest BCUT2D eigenvalue weighted by Crippen LogP contribution is -2.29. The fraction of sp³-hybridized carbons (Fsp3) is 0.333. The topological polar surface area (TPSA) is 63.1 Å². The van der Waals surface area contributed by atoms with Crippen molar-refractivity contribution < 1.29 is 9.59 Å². The summed E-state index contributed by atoms with van der Waals surface area (Å²) in [5, 5.41) is 6.21. The molecule has 0 radical (unpaired) electrons. The number of aromatic nitrogens is 1. The van der Waals surface area contributed by atoms with Gasteiger partial charge in [-0.05, 0) is 42.9 Å². The summed E-state index contributed by atoms with van der Waals surface area (Å²) in [6.07, 6.45) is 4.11. The Hall–Kier alpha value is -3.34. The van der Waals surface area contributed by atoms with Crippen LogP contribution in [0.2, 0.25) is 0 Å². The van der Waals surface area contributed by atoms with Crippen LogP contribution in [0.25, 0.3) is 0 Å². The molecule has 1 aromatic heterocycles. The molecule has 5 heteroatoms. The Bertz CT molecular complexity index is 1060. The van der Waals surface area contributed by atoms with Crippen LogP contribution in [0.1, 0.15) is 65.1 Å². The minimum Gasteiger partial charge on any atom is -0.352 e. The quantitative estimate of drug-likeness (QED) is 0.551. The average molecular weight is 430 g/mol. The second kappa shape index (κ2) is 10.3. The van der Waals surface area contributed by atoms with Gasteiger partial charge in [0.2, 0.25) is 5.91 Å². The molecular formula is C27H31N3O2. The Balaban J connectivity index is 1.48. The minimum atomic E-state index is -0.0534. The van der Waals surface area contributed by atoms with Gasteiger partial charge in [0, 0.05) is 24.5 Å². The second-order valence-electron chi connectivity index (χ2n) is 8.39. The maximum Gasteiger partial charge on any atom is 0.253 e. The predicted molar refractivity (Wildman–Crippen MR) is 126 cm³/mol. The van der Waals surface area contributed by atoms with Crippen LogP contribution >= 0.6 is 0 Å². The Morgan fingerprint density at radius 3 is 2.44 bits per heavy atom. The molecule has 1 atom stereocenters. The Kier molecular flexibility index (Phi) is 7.05. The molecule has 4 rings (SSSR count). The van der Waals surface area contributed by atoms with Gasteiger partial charge in [0.05, 0.1) is 18.0 Å². The third-order valence-electron chi connectivity index (χ3n) is 6.17. The molecule has 2 aromatic carbocycles. The first kappa shape index (κ1) is 21.9. The average Bonchev–Trinajstić information content (AvgIpc) is 3.21. The predicted octanol–water partition coefficient (Wildman–Crippen LogP) is 4.56. The molecule has 166 valence electrons. The van der Waals surface area contributed by atoms with Gasteiger partial charge < -0.3 is 15.2 Å². The van der Waals surface area contributed by atoms with Crippen molar-refractivity contribution in [3.05, 3.63) is 94.8 Å². The zero-order valence-corrected chi connectivity index (χ0v) is 18.6. The van der Waals surface area contributed by atoms with Gasteiger partial charge in [0.15, 0.2) is 0 Å². The van der Waals surface area contributed by atoms with Gasteiger partial charge in [-0.3, -0.25) is 9.59 Å². The number of rotatable bonds is 8. The van der Waals surface area contributed by atoms with Crippen LogP contribution in [-0.2, 0) is 30.7 Å². The second-order valence-corrected chi connectivity index (χ2v) is 8.39. The van der Waals surface area contributed by atoms with Gasteiger partial charge in [0.25, 0.3) is 5.91 Å². The highest BCUT2D eigenvalue weighted by molar-refractivity contribution is 5.96. The van der Waals surface area contributed by atoms with Crippen LogP contribution in [0.15, 0.2) is 66.7 Å². The van der Waals surface area contributed by atoms with Crippen molar-refractivity contribution >= 4 is 11.8 Å². The summed E-state index contributed by atoms with van der Waals surface area (Å²) < 4.78 is 2.18. The van der Waals surface area contributed by atoms with E-state index in [2.05, 4.69) is 22.1 Å². The molecule has 1 aliphatic heterocycles. The van der Waals surface area contributed by atoms with E-state index >= 15 is 0 Å². The van der Waals surface area contributed by atoms with E-state index in [1.807, 2.05) is 66.7 Å². The summed E-state index contributed by atoms with van der Waals surface area (Å²) in [5.41, 5.74) is 4.87. The molecule has 3 aromatic rings. The standard InChI is InChI=1S/C27H31N3O2/c1-2-24(21-13-7-4-8-14-21)29-27(32)23-17-22(30-16-10-9-15-25(23)30)18-26(31)28-19-20-11-5-3-6-12-20/h3-8,11-14,17,24H,2,9-10,15-16,18-19H2,1H3,(H,28,31)(H,29,32)/t24-/m1/s1. The lowest BCUT2D eigenvalue weighted by Gasteiger charge is -2.20. The maximum absolute atomic E-state index is 13.2. The van der Waals surface area contributed by atoms with Crippen molar-refractivity contribution in [3.8, 4) is 0 Å². The van der Waals surface area contributed by atoms with Crippen LogP contribution in [0.4, 0.5) is 0 Å². The number of nitrogens with one attached hydrogen (secondary N) is 2. The van der Waals surface area contributed by atoms with Crippen molar-refractivity contribution in [1.82, 2.24) is 15.2 Å². The first-order chi connectivity index (χ1) is 15.7. The number of amides is 2. The summed E-state index contributed by atoms with van der Waals surface area (Å²) in [7, 11) is 0. The molecule has 0 saturated carbocycles. The molecule has 2 amide bonds. The number of hydrogen-bond acceptors (Lipinski definition) is 2. The summed E-state index contributed by atoms with van der Waals surface area (Å²) in [5.74, 6) is -0.0790. The molecular weight excluding hydrogens is 398 g/mol. The minimum absolute atomic E-state index is 0.0256. The van der Waals surface area contributed by atoms with Crippen LogP contribution in [0, 0.1) is 0 Å². The number of nitrogens with zero attached hydrogens (tertiary/aromatic N) is 1. The fourth-order valence-corrected chi connectivity index (χ4v) is 4.47. The molecule has 0 saturated heterocycles. The normalized spacial score (nSPS) is 13.8. The van der Waals surface area contributed by atoms with Crippen molar-refractivity contribution in [3.63, 3.8) is 0 Å². The van der Waals surface area contributed by atoms with E-state index in [0.29, 0.717) is 12.1 Å². The number of hydrogen-bond donors (Lipinski definition) is 2. The Morgan fingerprint density at radius 2 is 1.72 bits per heavy atom.